The van der Waals surface area contributed by atoms with Crippen LogP contribution in [-0.4, -0.2) is 42.0 Å². The Morgan fingerprint density at radius 2 is 2.22 bits per heavy atom. The first-order valence-corrected chi connectivity index (χ1v) is 6.71. The van der Waals surface area contributed by atoms with E-state index in [2.05, 4.69) is 10.6 Å². The van der Waals surface area contributed by atoms with Gasteiger partial charge in [-0.25, -0.2) is 4.79 Å². The molecular weight excluding hydrogens is 232 g/mol. The highest BCUT2D eigenvalue weighted by Crippen LogP contribution is 2.21. The summed E-state index contributed by atoms with van der Waals surface area (Å²) in [6.07, 6.45) is 2.92. The Kier molecular flexibility index (Phi) is 5.41. The van der Waals surface area contributed by atoms with Gasteiger partial charge in [0.15, 0.2) is 0 Å². The molecule has 18 heavy (non-hydrogen) atoms. The highest BCUT2D eigenvalue weighted by molar-refractivity contribution is 5.67. The number of β-amino-alcohol motifs (C(OH)–C–C–N with tert-alkyl or cyclic N) is 1. The molecule has 5 nitrogen and oxygen atoms in total. The summed E-state index contributed by atoms with van der Waals surface area (Å²) in [6.45, 7) is 7.68. The van der Waals surface area contributed by atoms with E-state index in [1.54, 1.807) is 0 Å². The van der Waals surface area contributed by atoms with Crippen molar-refractivity contribution >= 4 is 6.09 Å². The number of aliphatic hydroxyl groups is 1. The van der Waals surface area contributed by atoms with Gasteiger partial charge in [0.05, 0.1) is 5.60 Å². The number of piperidine rings is 1. The molecule has 1 rings (SSSR count). The van der Waals surface area contributed by atoms with Crippen molar-refractivity contribution in [2.75, 3.05) is 19.6 Å². The van der Waals surface area contributed by atoms with Crippen LogP contribution in [0.4, 0.5) is 4.79 Å². The minimum Gasteiger partial charge on any atom is -0.444 e. The number of ether oxygens (including phenoxy) is 1. The van der Waals surface area contributed by atoms with Gasteiger partial charge in [0.25, 0.3) is 0 Å². The molecule has 1 amide bonds. The molecule has 106 valence electrons. The minimum atomic E-state index is -0.603. The minimum absolute atomic E-state index is 0.392. The molecule has 0 aromatic rings. The second-order valence-corrected chi connectivity index (χ2v) is 6.04. The second kappa shape index (κ2) is 6.38. The van der Waals surface area contributed by atoms with Crippen LogP contribution in [-0.2, 0) is 4.74 Å². The lowest BCUT2D eigenvalue weighted by atomic mass is 9.89. The smallest absolute Gasteiger partial charge is 0.407 e. The summed E-state index contributed by atoms with van der Waals surface area (Å²) in [5.41, 5.74) is -1.07. The lowest BCUT2D eigenvalue weighted by Crippen LogP contribution is -2.46. The molecule has 0 aromatic heterocycles. The summed E-state index contributed by atoms with van der Waals surface area (Å²) >= 11 is 0. The highest BCUT2D eigenvalue weighted by atomic mass is 16.6. The quantitative estimate of drug-likeness (QED) is 0.667. The summed E-state index contributed by atoms with van der Waals surface area (Å²) in [5, 5.41) is 16.1. The van der Waals surface area contributed by atoms with E-state index >= 15 is 0 Å². The average molecular weight is 258 g/mol. The largest absolute Gasteiger partial charge is 0.444 e. The number of hydrogen-bond acceptors (Lipinski definition) is 4. The number of hydrogen-bond donors (Lipinski definition) is 3. The van der Waals surface area contributed by atoms with Gasteiger partial charge >= 0.3 is 6.09 Å². The molecule has 0 spiro atoms. The van der Waals surface area contributed by atoms with Crippen molar-refractivity contribution in [2.45, 2.75) is 57.7 Å². The maximum Gasteiger partial charge on any atom is 0.407 e. The van der Waals surface area contributed by atoms with Crippen LogP contribution < -0.4 is 10.6 Å². The SMILES string of the molecule is CC(C)(C)OC(=O)NCCCC1(O)CCCNC1. The van der Waals surface area contributed by atoms with Gasteiger partial charge < -0.3 is 20.5 Å². The topological polar surface area (TPSA) is 70.6 Å². The Morgan fingerprint density at radius 3 is 2.78 bits per heavy atom. The molecule has 1 atom stereocenters. The van der Waals surface area contributed by atoms with Crippen LogP contribution in [0.3, 0.4) is 0 Å². The third-order valence-electron chi connectivity index (χ3n) is 2.94. The number of nitrogens with one attached hydrogen (secondary N) is 2. The summed E-state index contributed by atoms with van der Waals surface area (Å²) < 4.78 is 5.13. The standard InChI is InChI=1S/C13H26N2O3/c1-12(2,3)18-11(16)15-9-5-7-13(17)6-4-8-14-10-13/h14,17H,4-10H2,1-3H3,(H,15,16). The van der Waals surface area contributed by atoms with Crippen molar-refractivity contribution in [3.05, 3.63) is 0 Å². The van der Waals surface area contributed by atoms with E-state index in [0.717, 1.165) is 25.8 Å². The fraction of sp³-hybridized carbons (Fsp3) is 0.923. The van der Waals surface area contributed by atoms with Crippen LogP contribution in [0.15, 0.2) is 0 Å². The third-order valence-corrected chi connectivity index (χ3v) is 2.94. The van der Waals surface area contributed by atoms with E-state index in [9.17, 15) is 9.90 Å². The van der Waals surface area contributed by atoms with Crippen molar-refractivity contribution in [1.29, 1.82) is 0 Å². The molecule has 5 heteroatoms. The number of carbonyl (C=O) groups is 1. The van der Waals surface area contributed by atoms with E-state index in [0.29, 0.717) is 19.5 Å². The monoisotopic (exact) mass is 258 g/mol. The van der Waals surface area contributed by atoms with Crippen molar-refractivity contribution in [1.82, 2.24) is 10.6 Å². The van der Waals surface area contributed by atoms with Crippen LogP contribution in [0.1, 0.15) is 46.5 Å². The van der Waals surface area contributed by atoms with Gasteiger partial charge in [0, 0.05) is 13.1 Å². The fourth-order valence-corrected chi connectivity index (χ4v) is 2.09. The first-order valence-electron chi connectivity index (χ1n) is 6.71. The Labute approximate surface area is 109 Å². The molecule has 0 radical (unpaired) electrons. The van der Waals surface area contributed by atoms with Gasteiger partial charge in [-0.2, -0.15) is 0 Å². The molecule has 1 aliphatic rings. The highest BCUT2D eigenvalue weighted by Gasteiger charge is 2.28. The summed E-state index contributed by atoms with van der Waals surface area (Å²) in [6, 6.07) is 0. The van der Waals surface area contributed by atoms with Gasteiger partial charge in [-0.3, -0.25) is 0 Å². The molecule has 1 unspecified atom stereocenters. The van der Waals surface area contributed by atoms with Gasteiger partial charge in [-0.15, -0.1) is 0 Å². The number of amides is 1. The Morgan fingerprint density at radius 1 is 1.50 bits per heavy atom. The maximum absolute atomic E-state index is 11.4. The van der Waals surface area contributed by atoms with Crippen LogP contribution in [0.5, 0.6) is 0 Å². The van der Waals surface area contributed by atoms with Crippen molar-refractivity contribution in [2.24, 2.45) is 0 Å². The van der Waals surface area contributed by atoms with Gasteiger partial charge in [0.1, 0.15) is 5.60 Å². The Balaban J connectivity index is 2.12. The molecule has 1 aliphatic heterocycles. The second-order valence-electron chi connectivity index (χ2n) is 6.04. The third kappa shape index (κ3) is 6.21. The molecule has 0 saturated carbocycles. The molecule has 3 N–H and O–H groups in total. The molecule has 1 heterocycles. The van der Waals surface area contributed by atoms with Crippen molar-refractivity contribution in [3.8, 4) is 0 Å². The molecule has 0 aliphatic carbocycles. The lowest BCUT2D eigenvalue weighted by Gasteiger charge is -2.32. The Hall–Kier alpha value is -0.810. The van der Waals surface area contributed by atoms with Crippen LogP contribution >= 0.6 is 0 Å². The maximum atomic E-state index is 11.4. The first kappa shape index (κ1) is 15.2. The zero-order chi connectivity index (χ0) is 13.6. The van der Waals surface area contributed by atoms with E-state index in [1.165, 1.54) is 0 Å². The van der Waals surface area contributed by atoms with E-state index in [1.807, 2.05) is 20.8 Å². The van der Waals surface area contributed by atoms with Gasteiger partial charge in [-0.1, -0.05) is 0 Å². The lowest BCUT2D eigenvalue weighted by molar-refractivity contribution is 0.00635. The molecule has 1 saturated heterocycles. The Bertz CT molecular complexity index is 268. The predicted octanol–water partition coefficient (Wildman–Crippen LogP) is 1.41. The summed E-state index contributed by atoms with van der Waals surface area (Å²) in [5.74, 6) is 0. The molecule has 0 bridgehead atoms. The number of rotatable bonds is 4. The molecule has 1 fully saturated rings. The van der Waals surface area contributed by atoms with Crippen LogP contribution in [0.2, 0.25) is 0 Å². The molecule has 0 aromatic carbocycles. The van der Waals surface area contributed by atoms with E-state index in [-0.39, 0.29) is 0 Å². The normalized spacial score (nSPS) is 24.7. The van der Waals surface area contributed by atoms with Crippen molar-refractivity contribution in [3.63, 3.8) is 0 Å². The van der Waals surface area contributed by atoms with Crippen LogP contribution in [0, 0.1) is 0 Å². The zero-order valence-electron chi connectivity index (χ0n) is 11.7. The fourth-order valence-electron chi connectivity index (χ4n) is 2.09. The first-order chi connectivity index (χ1) is 8.31. The summed E-state index contributed by atoms with van der Waals surface area (Å²) in [4.78, 5) is 11.4. The molecular formula is C13H26N2O3. The van der Waals surface area contributed by atoms with Gasteiger partial charge in [0.2, 0.25) is 0 Å². The zero-order valence-corrected chi connectivity index (χ0v) is 11.7. The number of carbonyl (C=O) groups excluding carboxylic acids is 1. The summed E-state index contributed by atoms with van der Waals surface area (Å²) in [7, 11) is 0. The van der Waals surface area contributed by atoms with Crippen LogP contribution in [0.25, 0.3) is 0 Å². The predicted molar refractivity (Wildman–Crippen MR) is 70.5 cm³/mol. The average Bonchev–Trinajstić information content (AvgIpc) is 2.23. The number of alkyl carbamates (subject to hydrolysis) is 1. The van der Waals surface area contributed by atoms with Gasteiger partial charge in [-0.05, 0) is 53.0 Å². The van der Waals surface area contributed by atoms with E-state index < -0.39 is 17.3 Å². The van der Waals surface area contributed by atoms with Crippen molar-refractivity contribution < 1.29 is 14.6 Å². The van der Waals surface area contributed by atoms with E-state index in [4.69, 9.17) is 4.74 Å².